The summed E-state index contributed by atoms with van der Waals surface area (Å²) in [6.07, 6.45) is 3.25. The minimum absolute atomic E-state index is 0.104. The van der Waals surface area contributed by atoms with Crippen molar-refractivity contribution in [2.75, 3.05) is 56.2 Å². The topological polar surface area (TPSA) is 74.4 Å². The number of nitrogens with one attached hydrogen (secondary N) is 1. The third-order valence-corrected chi connectivity index (χ3v) is 9.00. The van der Waals surface area contributed by atoms with E-state index in [1.165, 1.54) is 0 Å². The van der Waals surface area contributed by atoms with E-state index in [-0.39, 0.29) is 18.0 Å². The molecule has 5 rings (SSSR count). The molecule has 11 heteroatoms. The molecule has 1 aliphatic heterocycles. The van der Waals surface area contributed by atoms with Crippen LogP contribution in [-0.2, 0) is 16.1 Å². The molecule has 8 nitrogen and oxygen atoms in total. The van der Waals surface area contributed by atoms with E-state index in [0.717, 1.165) is 63.4 Å². The van der Waals surface area contributed by atoms with Gasteiger partial charge in [-0.15, -0.1) is 0 Å². The second-order valence-electron chi connectivity index (χ2n) is 11.8. The van der Waals surface area contributed by atoms with Crippen LogP contribution in [0.4, 0.5) is 16.2 Å². The molecular formula is C35H41Cl3N4O4. The number of halogens is 3. The molecule has 2 fully saturated rings. The third-order valence-electron chi connectivity index (χ3n) is 8.52. The summed E-state index contributed by atoms with van der Waals surface area (Å²) in [5.74, 6) is 0.271. The van der Waals surface area contributed by atoms with Crippen LogP contribution in [-0.4, -0.2) is 77.6 Å². The normalized spacial score (nSPS) is 18.8. The minimum atomic E-state index is -2.06. The van der Waals surface area contributed by atoms with E-state index in [1.807, 2.05) is 84.9 Å². The first-order valence-corrected chi connectivity index (χ1v) is 17.0. The van der Waals surface area contributed by atoms with Gasteiger partial charge in [0.25, 0.3) is 9.70 Å². The fourth-order valence-electron chi connectivity index (χ4n) is 6.16. The summed E-state index contributed by atoms with van der Waals surface area (Å²) in [5.41, 5.74) is 2.40. The molecule has 1 aliphatic carbocycles. The first-order valence-electron chi connectivity index (χ1n) is 15.8. The summed E-state index contributed by atoms with van der Waals surface area (Å²) in [6, 6.07) is 26.4. The number of hydrogen-bond acceptors (Lipinski definition) is 5. The fraction of sp³-hybridized carbons (Fsp3) is 0.429. The van der Waals surface area contributed by atoms with Gasteiger partial charge in [-0.25, -0.2) is 4.79 Å². The van der Waals surface area contributed by atoms with Crippen molar-refractivity contribution in [1.29, 1.82) is 0 Å². The zero-order valence-corrected chi connectivity index (χ0v) is 28.1. The summed E-state index contributed by atoms with van der Waals surface area (Å²) in [7, 11) is 0. The second-order valence-corrected chi connectivity index (χ2v) is 14.1. The first kappa shape index (κ1) is 34.3. The number of urea groups is 1. The molecular weight excluding hydrogens is 647 g/mol. The SMILES string of the molecule is O=C(Nc1ccccc1)N(CC1CCCC(N(Cc2ccccc2)C(=O)C(Cl)(Cl)Cl)C1)c1cccc(OCCN2CCOCC2)c1. The molecule has 3 aromatic rings. The standard InChI is InChI=1S/C35H41Cl3N4O4/c36-35(37,38)33(43)41(25-27-9-3-1-4-10-27)30-14-7-11-28(23-30)26-42(34(44)39-29-12-5-2-6-13-29)31-15-8-16-32(24-31)46-22-19-40-17-20-45-21-18-40/h1-6,8-10,12-13,15-16,24,28,30H,7,11,14,17-23,25-26H2,(H,39,44). The molecule has 2 unspecified atom stereocenters. The molecule has 1 heterocycles. The number of para-hydroxylation sites is 1. The Morgan fingerprint density at radius 3 is 2.37 bits per heavy atom. The van der Waals surface area contributed by atoms with E-state index in [9.17, 15) is 9.59 Å². The number of amides is 3. The van der Waals surface area contributed by atoms with Gasteiger partial charge in [0.05, 0.1) is 13.2 Å². The average molecular weight is 688 g/mol. The number of alkyl halides is 3. The molecule has 1 saturated heterocycles. The van der Waals surface area contributed by atoms with Crippen LogP contribution in [0.25, 0.3) is 0 Å². The molecule has 1 N–H and O–H groups in total. The van der Waals surface area contributed by atoms with Crippen molar-refractivity contribution in [2.24, 2.45) is 5.92 Å². The lowest BCUT2D eigenvalue weighted by atomic mass is 9.84. The minimum Gasteiger partial charge on any atom is -0.492 e. The molecule has 0 radical (unpaired) electrons. The van der Waals surface area contributed by atoms with E-state index in [2.05, 4.69) is 10.2 Å². The molecule has 46 heavy (non-hydrogen) atoms. The summed E-state index contributed by atoms with van der Waals surface area (Å²) < 4.78 is 9.51. The Hall–Kier alpha value is -3.01. The number of benzene rings is 3. The van der Waals surface area contributed by atoms with Gasteiger partial charge in [-0.1, -0.05) is 95.8 Å². The van der Waals surface area contributed by atoms with Crippen LogP contribution in [0.5, 0.6) is 5.75 Å². The number of ether oxygens (including phenoxy) is 2. The van der Waals surface area contributed by atoms with Crippen molar-refractivity contribution in [2.45, 2.75) is 42.1 Å². The molecule has 3 aromatic carbocycles. The van der Waals surface area contributed by atoms with Gasteiger partial charge in [0.1, 0.15) is 12.4 Å². The fourth-order valence-corrected chi connectivity index (χ4v) is 6.48. The van der Waals surface area contributed by atoms with Crippen LogP contribution in [0.2, 0.25) is 0 Å². The van der Waals surface area contributed by atoms with Crippen LogP contribution in [0, 0.1) is 5.92 Å². The molecule has 3 amide bonds. The number of morpholine rings is 1. The van der Waals surface area contributed by atoms with Crippen molar-refractivity contribution >= 4 is 58.1 Å². The van der Waals surface area contributed by atoms with Gasteiger partial charge in [-0.2, -0.15) is 0 Å². The highest BCUT2D eigenvalue weighted by Gasteiger charge is 2.40. The van der Waals surface area contributed by atoms with Crippen LogP contribution >= 0.6 is 34.8 Å². The number of anilines is 2. The number of hydrogen-bond donors (Lipinski definition) is 1. The Bertz CT molecular complexity index is 1400. The molecule has 2 aliphatic rings. The van der Waals surface area contributed by atoms with Crippen LogP contribution in [0.1, 0.15) is 31.2 Å². The highest BCUT2D eigenvalue weighted by molar-refractivity contribution is 6.76. The summed E-state index contributed by atoms with van der Waals surface area (Å²) in [5, 5.41) is 3.05. The third kappa shape index (κ3) is 9.99. The van der Waals surface area contributed by atoms with E-state index < -0.39 is 9.70 Å². The molecule has 0 aromatic heterocycles. The Balaban J connectivity index is 1.32. The monoisotopic (exact) mass is 686 g/mol. The average Bonchev–Trinajstić information content (AvgIpc) is 3.07. The van der Waals surface area contributed by atoms with E-state index >= 15 is 0 Å². The number of nitrogens with zero attached hydrogens (tertiary/aromatic N) is 3. The number of carbonyl (C=O) groups excluding carboxylic acids is 2. The predicted octanol–water partition coefficient (Wildman–Crippen LogP) is 7.39. The maximum absolute atomic E-state index is 13.9. The number of carbonyl (C=O) groups is 2. The lowest BCUT2D eigenvalue weighted by Crippen LogP contribution is -2.48. The summed E-state index contributed by atoms with van der Waals surface area (Å²) in [4.78, 5) is 33.0. The Morgan fingerprint density at radius 1 is 0.935 bits per heavy atom. The van der Waals surface area contributed by atoms with Gasteiger partial charge in [0.15, 0.2) is 0 Å². The Morgan fingerprint density at radius 2 is 1.65 bits per heavy atom. The highest BCUT2D eigenvalue weighted by atomic mass is 35.6. The van der Waals surface area contributed by atoms with Crippen molar-refractivity contribution in [3.63, 3.8) is 0 Å². The predicted molar refractivity (Wildman–Crippen MR) is 185 cm³/mol. The van der Waals surface area contributed by atoms with Gasteiger partial charge in [-0.05, 0) is 55.0 Å². The van der Waals surface area contributed by atoms with Gasteiger partial charge in [0, 0.05) is 56.2 Å². The number of rotatable bonds is 11. The molecule has 0 bridgehead atoms. The van der Waals surface area contributed by atoms with Gasteiger partial charge in [0.2, 0.25) is 0 Å². The van der Waals surface area contributed by atoms with Crippen molar-refractivity contribution in [3.8, 4) is 5.75 Å². The Labute approximate surface area is 286 Å². The maximum Gasteiger partial charge on any atom is 0.326 e. The second kappa shape index (κ2) is 16.7. The zero-order valence-electron chi connectivity index (χ0n) is 25.8. The van der Waals surface area contributed by atoms with E-state index in [0.29, 0.717) is 37.6 Å². The van der Waals surface area contributed by atoms with Crippen molar-refractivity contribution in [3.05, 3.63) is 90.5 Å². The van der Waals surface area contributed by atoms with Gasteiger partial charge in [-0.3, -0.25) is 14.6 Å². The Kier molecular flexibility index (Phi) is 12.5. The zero-order chi connectivity index (χ0) is 32.4. The van der Waals surface area contributed by atoms with Gasteiger partial charge >= 0.3 is 6.03 Å². The maximum atomic E-state index is 13.9. The van der Waals surface area contributed by atoms with Gasteiger partial charge < -0.3 is 19.7 Å². The van der Waals surface area contributed by atoms with E-state index in [1.54, 1.807) is 9.80 Å². The summed E-state index contributed by atoms with van der Waals surface area (Å²) >= 11 is 18.4. The quantitative estimate of drug-likeness (QED) is 0.213. The first-order chi connectivity index (χ1) is 22.3. The highest BCUT2D eigenvalue weighted by Crippen LogP contribution is 2.36. The molecule has 1 saturated carbocycles. The molecule has 2 atom stereocenters. The summed E-state index contributed by atoms with van der Waals surface area (Å²) in [6.45, 7) is 5.42. The smallest absolute Gasteiger partial charge is 0.326 e. The van der Waals surface area contributed by atoms with Crippen LogP contribution in [0.3, 0.4) is 0 Å². The largest absolute Gasteiger partial charge is 0.492 e. The van der Waals surface area contributed by atoms with Crippen LogP contribution in [0.15, 0.2) is 84.9 Å². The van der Waals surface area contributed by atoms with Crippen molar-refractivity contribution < 1.29 is 19.1 Å². The lowest BCUT2D eigenvalue weighted by Gasteiger charge is -2.40. The van der Waals surface area contributed by atoms with Crippen molar-refractivity contribution in [1.82, 2.24) is 9.80 Å². The van der Waals surface area contributed by atoms with E-state index in [4.69, 9.17) is 44.3 Å². The van der Waals surface area contributed by atoms with Crippen LogP contribution < -0.4 is 15.0 Å². The molecule has 0 spiro atoms. The molecule has 246 valence electrons. The lowest BCUT2D eigenvalue weighted by molar-refractivity contribution is -0.134.